The summed E-state index contributed by atoms with van der Waals surface area (Å²) in [5, 5.41) is 18.7. The second-order valence-corrected chi connectivity index (χ2v) is 10.9. The molecule has 3 aromatic carbocycles. The van der Waals surface area contributed by atoms with Crippen LogP contribution in [-0.2, 0) is 5.41 Å². The molecule has 5 aromatic rings. The number of hydrogen-bond donors (Lipinski definition) is 2. The Bertz CT molecular complexity index is 1540. The molecule has 0 saturated carbocycles. The molecular formula is C29H32N6O. The van der Waals surface area contributed by atoms with Gasteiger partial charge in [0.1, 0.15) is 18.2 Å². The topological polar surface area (TPSA) is 82.7 Å². The van der Waals surface area contributed by atoms with Gasteiger partial charge in [-0.25, -0.2) is 4.98 Å². The molecule has 7 heteroatoms. The minimum Gasteiger partial charge on any atom is -0.492 e. The summed E-state index contributed by atoms with van der Waals surface area (Å²) in [6, 6.07) is 19.5. The van der Waals surface area contributed by atoms with Crippen molar-refractivity contribution in [2.45, 2.75) is 45.1 Å². The molecule has 0 spiro atoms. The summed E-state index contributed by atoms with van der Waals surface area (Å²) in [6.07, 6.45) is 2.46. The van der Waals surface area contributed by atoms with Crippen LogP contribution in [-0.4, -0.2) is 56.5 Å². The number of rotatable bonds is 5. The monoisotopic (exact) mass is 480 g/mol. The highest BCUT2D eigenvalue weighted by Crippen LogP contribution is 2.33. The lowest BCUT2D eigenvalue weighted by Gasteiger charge is -2.19. The normalized spacial score (nSPS) is 16.8. The van der Waals surface area contributed by atoms with Gasteiger partial charge in [-0.3, -0.25) is 10.2 Å². The molecule has 1 atom stereocenters. The number of aromatic nitrogens is 5. The molecule has 0 radical (unpaired) electrons. The zero-order chi connectivity index (χ0) is 24.9. The number of H-pyrrole nitrogens is 2. The molecule has 184 valence electrons. The van der Waals surface area contributed by atoms with Crippen molar-refractivity contribution >= 4 is 21.7 Å². The van der Waals surface area contributed by atoms with Gasteiger partial charge in [0, 0.05) is 28.0 Å². The summed E-state index contributed by atoms with van der Waals surface area (Å²) in [5.74, 6) is 2.49. The van der Waals surface area contributed by atoms with Gasteiger partial charge in [-0.1, -0.05) is 39.0 Å². The number of aromatic amines is 2. The SMILES string of the molecule is CN1CCC[C@H]1COc1ccc2cc(-c3n[nH]c4ccc(-c5n[nH]c(C(C)(C)C)n5)cc34)ccc2c1. The first-order valence-corrected chi connectivity index (χ1v) is 12.6. The van der Waals surface area contributed by atoms with E-state index in [2.05, 4.69) is 95.6 Å². The number of hydrogen-bond acceptors (Lipinski definition) is 5. The Hall–Kier alpha value is -3.71. The van der Waals surface area contributed by atoms with Crippen molar-refractivity contribution in [2.75, 3.05) is 20.2 Å². The van der Waals surface area contributed by atoms with Crippen molar-refractivity contribution < 1.29 is 4.74 Å². The summed E-state index contributed by atoms with van der Waals surface area (Å²) in [7, 11) is 2.18. The molecule has 7 nitrogen and oxygen atoms in total. The van der Waals surface area contributed by atoms with Gasteiger partial charge in [0.2, 0.25) is 0 Å². The van der Waals surface area contributed by atoms with Crippen LogP contribution in [0, 0.1) is 0 Å². The summed E-state index contributed by atoms with van der Waals surface area (Å²) >= 11 is 0. The van der Waals surface area contributed by atoms with Crippen molar-refractivity contribution in [1.82, 2.24) is 30.3 Å². The summed E-state index contributed by atoms with van der Waals surface area (Å²) in [6.45, 7) is 8.27. The van der Waals surface area contributed by atoms with Crippen LogP contribution in [0.5, 0.6) is 5.75 Å². The van der Waals surface area contributed by atoms with E-state index in [4.69, 9.17) is 9.72 Å². The van der Waals surface area contributed by atoms with Crippen LogP contribution < -0.4 is 4.74 Å². The molecule has 0 unspecified atom stereocenters. The van der Waals surface area contributed by atoms with Crippen LogP contribution in [0.3, 0.4) is 0 Å². The predicted molar refractivity (Wildman–Crippen MR) is 144 cm³/mol. The van der Waals surface area contributed by atoms with Gasteiger partial charge < -0.3 is 9.64 Å². The lowest BCUT2D eigenvalue weighted by molar-refractivity contribution is 0.198. The van der Waals surface area contributed by atoms with E-state index in [0.29, 0.717) is 11.9 Å². The first-order valence-electron chi connectivity index (χ1n) is 12.6. The third-order valence-corrected chi connectivity index (χ3v) is 7.22. The molecule has 0 amide bonds. The number of likely N-dealkylation sites (tertiary alicyclic amines) is 1. The quantitative estimate of drug-likeness (QED) is 0.325. The average Bonchev–Trinajstić information content (AvgIpc) is 3.61. The molecule has 3 heterocycles. The molecule has 2 aromatic heterocycles. The second-order valence-electron chi connectivity index (χ2n) is 10.9. The number of likely N-dealkylation sites (N-methyl/N-ethyl adjacent to an activating group) is 1. The van der Waals surface area contributed by atoms with E-state index in [-0.39, 0.29) is 5.41 Å². The van der Waals surface area contributed by atoms with Gasteiger partial charge in [0.25, 0.3) is 0 Å². The number of benzene rings is 3. The fourth-order valence-corrected chi connectivity index (χ4v) is 4.94. The Balaban J connectivity index is 1.28. The van der Waals surface area contributed by atoms with E-state index in [1.165, 1.54) is 12.8 Å². The molecule has 1 aliphatic rings. The van der Waals surface area contributed by atoms with Crippen molar-refractivity contribution in [1.29, 1.82) is 0 Å². The van der Waals surface area contributed by atoms with E-state index in [9.17, 15) is 0 Å². The number of fused-ring (bicyclic) bond motifs is 2. The molecule has 36 heavy (non-hydrogen) atoms. The van der Waals surface area contributed by atoms with Gasteiger partial charge in [-0.2, -0.15) is 10.2 Å². The highest BCUT2D eigenvalue weighted by molar-refractivity contribution is 5.97. The Morgan fingerprint density at radius 3 is 2.53 bits per heavy atom. The van der Waals surface area contributed by atoms with Gasteiger partial charge >= 0.3 is 0 Å². The van der Waals surface area contributed by atoms with Crippen LogP contribution in [0.1, 0.15) is 39.4 Å². The Kier molecular flexibility index (Phi) is 5.52. The van der Waals surface area contributed by atoms with Gasteiger partial charge in [0.15, 0.2) is 5.82 Å². The van der Waals surface area contributed by atoms with Crippen molar-refractivity contribution in [3.8, 4) is 28.4 Å². The minimum absolute atomic E-state index is 0.0843. The highest BCUT2D eigenvalue weighted by Gasteiger charge is 2.22. The van der Waals surface area contributed by atoms with Crippen molar-refractivity contribution in [2.24, 2.45) is 0 Å². The third-order valence-electron chi connectivity index (χ3n) is 7.22. The smallest absolute Gasteiger partial charge is 0.181 e. The average molecular weight is 481 g/mol. The maximum absolute atomic E-state index is 6.13. The fourth-order valence-electron chi connectivity index (χ4n) is 4.94. The number of nitrogens with zero attached hydrogens (tertiary/aromatic N) is 4. The Morgan fingerprint density at radius 1 is 0.944 bits per heavy atom. The summed E-state index contributed by atoms with van der Waals surface area (Å²) in [5.41, 5.74) is 3.86. The molecule has 0 aliphatic carbocycles. The number of nitrogens with one attached hydrogen (secondary N) is 2. The molecule has 0 bridgehead atoms. The van der Waals surface area contributed by atoms with Crippen LogP contribution in [0.25, 0.3) is 44.3 Å². The van der Waals surface area contributed by atoms with E-state index >= 15 is 0 Å². The van der Waals surface area contributed by atoms with Crippen molar-refractivity contribution in [3.05, 3.63) is 60.4 Å². The first kappa shape index (κ1) is 22.7. The van der Waals surface area contributed by atoms with Gasteiger partial charge in [-0.05, 0) is 73.6 Å². The lowest BCUT2D eigenvalue weighted by atomic mass is 9.96. The van der Waals surface area contributed by atoms with Crippen LogP contribution in [0.4, 0.5) is 0 Å². The minimum atomic E-state index is -0.0843. The lowest BCUT2D eigenvalue weighted by Crippen LogP contribution is -2.30. The molecule has 1 aliphatic heterocycles. The maximum atomic E-state index is 6.13. The van der Waals surface area contributed by atoms with E-state index in [1.54, 1.807) is 0 Å². The fraction of sp³-hybridized carbons (Fsp3) is 0.345. The zero-order valence-electron chi connectivity index (χ0n) is 21.3. The van der Waals surface area contributed by atoms with E-state index < -0.39 is 0 Å². The largest absolute Gasteiger partial charge is 0.492 e. The second kappa shape index (κ2) is 8.75. The van der Waals surface area contributed by atoms with E-state index in [0.717, 1.165) is 63.2 Å². The van der Waals surface area contributed by atoms with Crippen LogP contribution in [0.2, 0.25) is 0 Å². The van der Waals surface area contributed by atoms with E-state index in [1.807, 2.05) is 12.1 Å². The molecule has 2 N–H and O–H groups in total. The van der Waals surface area contributed by atoms with Crippen LogP contribution in [0.15, 0.2) is 54.6 Å². The molecule has 6 rings (SSSR count). The summed E-state index contributed by atoms with van der Waals surface area (Å²) in [4.78, 5) is 7.11. The third kappa shape index (κ3) is 4.24. The number of ether oxygens (including phenoxy) is 1. The first-order chi connectivity index (χ1) is 17.3. The Morgan fingerprint density at radius 2 is 1.75 bits per heavy atom. The van der Waals surface area contributed by atoms with Crippen LogP contribution >= 0.6 is 0 Å². The predicted octanol–water partition coefficient (Wildman–Crippen LogP) is 5.94. The highest BCUT2D eigenvalue weighted by atomic mass is 16.5. The van der Waals surface area contributed by atoms with Crippen molar-refractivity contribution in [3.63, 3.8) is 0 Å². The van der Waals surface area contributed by atoms with Gasteiger partial charge in [0.05, 0.1) is 11.2 Å². The maximum Gasteiger partial charge on any atom is 0.181 e. The molecular weight excluding hydrogens is 448 g/mol. The van der Waals surface area contributed by atoms with Gasteiger partial charge in [-0.15, -0.1) is 0 Å². The summed E-state index contributed by atoms with van der Waals surface area (Å²) < 4.78 is 6.13. The standard InChI is InChI=1S/C29H32N6O/c1-29(2,3)28-30-27(33-34-28)21-10-12-25-24(16-21)26(32-31-25)20-8-7-19-15-23(11-9-18(19)14-20)36-17-22-6-5-13-35(22)4/h7-12,14-16,22H,5-6,13,17H2,1-4H3,(H,31,32)(H,30,33,34)/t22-/m0/s1. The molecule has 1 fully saturated rings. The molecule has 1 saturated heterocycles. The zero-order valence-corrected chi connectivity index (χ0v) is 21.3. The Labute approximate surface area is 210 Å².